The Bertz CT molecular complexity index is 340. The third kappa shape index (κ3) is 1.49. The van der Waals surface area contributed by atoms with E-state index in [1.54, 1.807) is 7.11 Å². The van der Waals surface area contributed by atoms with Crippen LogP contribution in [0.5, 0.6) is 0 Å². The molecular formula is C8H11ClN4O. The van der Waals surface area contributed by atoms with E-state index >= 15 is 0 Å². The molecule has 1 fully saturated rings. The van der Waals surface area contributed by atoms with Gasteiger partial charge in [0.25, 0.3) is 0 Å². The molecule has 0 unspecified atom stereocenters. The monoisotopic (exact) mass is 214 g/mol. The number of anilines is 2. The summed E-state index contributed by atoms with van der Waals surface area (Å²) < 4.78 is 5.15. The summed E-state index contributed by atoms with van der Waals surface area (Å²) in [7, 11) is 1.69. The third-order valence-corrected chi connectivity index (χ3v) is 2.60. The lowest BCUT2D eigenvalue weighted by molar-refractivity contribution is 0.0784. The van der Waals surface area contributed by atoms with Crippen molar-refractivity contribution in [2.45, 2.75) is 6.10 Å². The SMILES string of the molecule is COC1CN(c2ncnc(Cl)c2N)C1. The number of hydrogen-bond acceptors (Lipinski definition) is 5. The van der Waals surface area contributed by atoms with E-state index < -0.39 is 0 Å². The van der Waals surface area contributed by atoms with Crippen LogP contribution in [0.1, 0.15) is 0 Å². The smallest absolute Gasteiger partial charge is 0.157 e. The summed E-state index contributed by atoms with van der Waals surface area (Å²) in [5.41, 5.74) is 6.17. The lowest BCUT2D eigenvalue weighted by Crippen LogP contribution is -2.52. The highest BCUT2D eigenvalue weighted by Crippen LogP contribution is 2.29. The maximum atomic E-state index is 5.78. The Morgan fingerprint density at radius 2 is 2.29 bits per heavy atom. The molecule has 2 rings (SSSR count). The second-order valence-corrected chi connectivity index (χ2v) is 3.52. The van der Waals surface area contributed by atoms with E-state index in [1.165, 1.54) is 6.33 Å². The molecule has 0 aliphatic carbocycles. The van der Waals surface area contributed by atoms with Crippen molar-refractivity contribution >= 4 is 23.1 Å². The van der Waals surface area contributed by atoms with Crippen molar-refractivity contribution in [2.75, 3.05) is 30.8 Å². The second kappa shape index (κ2) is 3.59. The molecule has 0 aromatic carbocycles. The van der Waals surface area contributed by atoms with E-state index in [9.17, 15) is 0 Å². The maximum absolute atomic E-state index is 5.78. The normalized spacial score (nSPS) is 16.9. The number of nitrogen functional groups attached to an aromatic ring is 1. The molecule has 0 radical (unpaired) electrons. The largest absolute Gasteiger partial charge is 0.393 e. The second-order valence-electron chi connectivity index (χ2n) is 3.16. The van der Waals surface area contributed by atoms with Crippen LogP contribution in [0, 0.1) is 0 Å². The van der Waals surface area contributed by atoms with Crippen molar-refractivity contribution in [1.82, 2.24) is 9.97 Å². The van der Waals surface area contributed by atoms with Gasteiger partial charge in [0, 0.05) is 20.2 Å². The molecule has 0 atom stereocenters. The third-order valence-electron chi connectivity index (χ3n) is 2.30. The topological polar surface area (TPSA) is 64.3 Å². The van der Waals surface area contributed by atoms with Gasteiger partial charge in [0.15, 0.2) is 11.0 Å². The number of methoxy groups -OCH3 is 1. The molecule has 1 aliphatic rings. The fourth-order valence-electron chi connectivity index (χ4n) is 1.38. The summed E-state index contributed by atoms with van der Waals surface area (Å²) in [6.07, 6.45) is 1.68. The van der Waals surface area contributed by atoms with E-state index in [4.69, 9.17) is 22.1 Å². The van der Waals surface area contributed by atoms with Gasteiger partial charge >= 0.3 is 0 Å². The molecule has 0 saturated carbocycles. The molecule has 0 amide bonds. The zero-order chi connectivity index (χ0) is 10.1. The van der Waals surface area contributed by atoms with Gasteiger partial charge in [-0.3, -0.25) is 0 Å². The number of nitrogens with zero attached hydrogens (tertiary/aromatic N) is 3. The van der Waals surface area contributed by atoms with Crippen LogP contribution in [0.2, 0.25) is 5.15 Å². The van der Waals surface area contributed by atoms with Crippen LogP contribution >= 0.6 is 11.6 Å². The molecule has 0 spiro atoms. The standard InChI is InChI=1S/C8H11ClN4O/c1-14-5-2-13(3-5)8-6(10)7(9)11-4-12-8/h4-5H,2-3,10H2,1H3. The highest BCUT2D eigenvalue weighted by molar-refractivity contribution is 6.32. The summed E-state index contributed by atoms with van der Waals surface area (Å²) >= 11 is 5.78. The maximum Gasteiger partial charge on any atom is 0.157 e. The quantitative estimate of drug-likeness (QED) is 0.729. The van der Waals surface area contributed by atoms with Crippen molar-refractivity contribution in [3.63, 3.8) is 0 Å². The fraction of sp³-hybridized carbons (Fsp3) is 0.500. The summed E-state index contributed by atoms with van der Waals surface area (Å²) in [4.78, 5) is 9.88. The molecule has 1 saturated heterocycles. The Kier molecular flexibility index (Phi) is 2.43. The van der Waals surface area contributed by atoms with Gasteiger partial charge < -0.3 is 15.4 Å². The number of halogens is 1. The lowest BCUT2D eigenvalue weighted by atomic mass is 10.1. The molecule has 1 aliphatic heterocycles. The van der Waals surface area contributed by atoms with Crippen molar-refractivity contribution in [3.8, 4) is 0 Å². The molecule has 1 aromatic rings. The summed E-state index contributed by atoms with van der Waals surface area (Å²) in [5.74, 6) is 0.693. The zero-order valence-electron chi connectivity index (χ0n) is 7.77. The first kappa shape index (κ1) is 9.48. The zero-order valence-corrected chi connectivity index (χ0v) is 8.53. The Morgan fingerprint density at radius 1 is 1.57 bits per heavy atom. The molecule has 6 heteroatoms. The van der Waals surface area contributed by atoms with Gasteiger partial charge in [-0.15, -0.1) is 0 Å². The fourth-order valence-corrected chi connectivity index (χ4v) is 1.51. The van der Waals surface area contributed by atoms with E-state index in [0.29, 0.717) is 16.7 Å². The average Bonchev–Trinajstić information content (AvgIpc) is 2.10. The van der Waals surface area contributed by atoms with Gasteiger partial charge in [-0.2, -0.15) is 0 Å². The first-order valence-corrected chi connectivity index (χ1v) is 4.64. The van der Waals surface area contributed by atoms with Crippen LogP contribution in [-0.4, -0.2) is 36.3 Å². The molecule has 2 N–H and O–H groups in total. The van der Waals surface area contributed by atoms with Crippen molar-refractivity contribution in [3.05, 3.63) is 11.5 Å². The number of rotatable bonds is 2. The number of aromatic nitrogens is 2. The molecular weight excluding hydrogens is 204 g/mol. The van der Waals surface area contributed by atoms with Gasteiger partial charge in [-0.1, -0.05) is 11.6 Å². The Hall–Kier alpha value is -1.07. The molecule has 76 valence electrons. The van der Waals surface area contributed by atoms with Crippen molar-refractivity contribution in [2.24, 2.45) is 0 Å². The first-order chi connectivity index (χ1) is 6.72. The van der Waals surface area contributed by atoms with E-state index in [1.807, 2.05) is 4.90 Å². The lowest BCUT2D eigenvalue weighted by Gasteiger charge is -2.39. The Labute approximate surface area is 86.8 Å². The minimum Gasteiger partial charge on any atom is -0.393 e. The summed E-state index contributed by atoms with van der Waals surface area (Å²) in [6.45, 7) is 1.60. The van der Waals surface area contributed by atoms with Crippen LogP contribution in [0.3, 0.4) is 0 Å². The number of nitrogens with two attached hydrogens (primary N) is 1. The molecule has 1 aromatic heterocycles. The Balaban J connectivity index is 2.14. The van der Waals surface area contributed by atoms with Crippen LogP contribution in [0.15, 0.2) is 6.33 Å². The molecule has 5 nitrogen and oxygen atoms in total. The molecule has 14 heavy (non-hydrogen) atoms. The minimum atomic E-state index is 0.267. The van der Waals surface area contributed by atoms with Crippen LogP contribution in [0.25, 0.3) is 0 Å². The van der Waals surface area contributed by atoms with Crippen molar-refractivity contribution < 1.29 is 4.74 Å². The van der Waals surface area contributed by atoms with Crippen LogP contribution in [-0.2, 0) is 4.74 Å². The average molecular weight is 215 g/mol. The van der Waals surface area contributed by atoms with Gasteiger partial charge in [0.2, 0.25) is 0 Å². The highest BCUT2D eigenvalue weighted by Gasteiger charge is 2.29. The Morgan fingerprint density at radius 3 is 2.93 bits per heavy atom. The predicted octanol–water partition coefficient (Wildman–Crippen LogP) is 0.547. The van der Waals surface area contributed by atoms with E-state index in [-0.39, 0.29) is 6.10 Å². The first-order valence-electron chi connectivity index (χ1n) is 4.26. The summed E-state index contributed by atoms with van der Waals surface area (Å²) in [5, 5.41) is 0.302. The van der Waals surface area contributed by atoms with Crippen molar-refractivity contribution in [1.29, 1.82) is 0 Å². The van der Waals surface area contributed by atoms with Crippen LogP contribution < -0.4 is 10.6 Å². The van der Waals surface area contributed by atoms with E-state index in [0.717, 1.165) is 13.1 Å². The highest BCUT2D eigenvalue weighted by atomic mass is 35.5. The summed E-state index contributed by atoms with van der Waals surface area (Å²) in [6, 6.07) is 0. The van der Waals surface area contributed by atoms with E-state index in [2.05, 4.69) is 9.97 Å². The predicted molar refractivity (Wildman–Crippen MR) is 54.5 cm³/mol. The number of ether oxygens (including phenoxy) is 1. The molecule has 2 heterocycles. The van der Waals surface area contributed by atoms with Gasteiger partial charge in [0.05, 0.1) is 6.10 Å². The minimum absolute atomic E-state index is 0.267. The van der Waals surface area contributed by atoms with Gasteiger partial charge in [0.1, 0.15) is 12.0 Å². The molecule has 0 bridgehead atoms. The number of hydrogen-bond donors (Lipinski definition) is 1. The van der Waals surface area contributed by atoms with Gasteiger partial charge in [-0.25, -0.2) is 9.97 Å². The van der Waals surface area contributed by atoms with Gasteiger partial charge in [-0.05, 0) is 0 Å². The van der Waals surface area contributed by atoms with Crippen LogP contribution in [0.4, 0.5) is 11.5 Å².